The minimum absolute atomic E-state index is 0.0608. The minimum atomic E-state index is 0.0608. The molecule has 0 atom stereocenters. The van der Waals surface area contributed by atoms with Gasteiger partial charge in [-0.15, -0.1) is 0 Å². The van der Waals surface area contributed by atoms with E-state index in [0.717, 1.165) is 17.4 Å². The molecule has 0 fully saturated rings. The van der Waals surface area contributed by atoms with Gasteiger partial charge in [-0.25, -0.2) is 0 Å². The molecule has 1 N–H and O–H groups in total. The third-order valence-corrected chi connectivity index (χ3v) is 2.10. The van der Waals surface area contributed by atoms with Crippen LogP contribution in [0.2, 0.25) is 0 Å². The number of hydrogen-bond donors (Lipinski definition) is 1. The Hall–Kier alpha value is -0.830. The van der Waals surface area contributed by atoms with Gasteiger partial charge in [0.1, 0.15) is 0 Å². The molecule has 0 saturated heterocycles. The van der Waals surface area contributed by atoms with Gasteiger partial charge in [0.15, 0.2) is 0 Å². The fourth-order valence-corrected chi connectivity index (χ4v) is 1.20. The second kappa shape index (κ2) is 5.75. The fraction of sp³-hybridized carbons (Fsp3) is 0.300. The van der Waals surface area contributed by atoms with E-state index in [4.69, 9.17) is 0 Å². The van der Waals surface area contributed by atoms with E-state index in [0.29, 0.717) is 6.42 Å². The Kier molecular flexibility index (Phi) is 4.54. The molecule has 2 nitrogen and oxygen atoms in total. The number of carbonyl (C=O) groups is 1. The van der Waals surface area contributed by atoms with Crippen LogP contribution in [0.1, 0.15) is 12.8 Å². The predicted octanol–water partition coefficient (Wildman–Crippen LogP) is 2.60. The predicted molar refractivity (Wildman–Crippen MR) is 56.9 cm³/mol. The summed E-state index contributed by atoms with van der Waals surface area (Å²) in [6.45, 7) is 0. The Morgan fingerprint density at radius 1 is 1.46 bits per heavy atom. The van der Waals surface area contributed by atoms with Crippen molar-refractivity contribution in [3.8, 4) is 0 Å². The normalized spacial score (nSPS) is 9.62. The van der Waals surface area contributed by atoms with Gasteiger partial charge >= 0.3 is 0 Å². The Balaban J connectivity index is 2.37. The third-order valence-electron chi connectivity index (χ3n) is 1.54. The highest BCUT2D eigenvalue weighted by atomic mass is 79.9. The zero-order chi connectivity index (χ0) is 9.52. The molecule has 1 radical (unpaired) electrons. The van der Waals surface area contributed by atoms with Crippen molar-refractivity contribution in [2.45, 2.75) is 12.8 Å². The lowest BCUT2D eigenvalue weighted by Crippen LogP contribution is -2.10. The summed E-state index contributed by atoms with van der Waals surface area (Å²) in [5.74, 6) is 0.0608. The van der Waals surface area contributed by atoms with Gasteiger partial charge in [-0.1, -0.05) is 28.1 Å². The number of carbonyl (C=O) groups excluding carboxylic acids is 1. The Bertz CT molecular complexity index is 261. The van der Waals surface area contributed by atoms with Gasteiger partial charge in [0.2, 0.25) is 5.91 Å². The first kappa shape index (κ1) is 10.3. The van der Waals surface area contributed by atoms with Gasteiger partial charge in [0, 0.05) is 17.4 Å². The van der Waals surface area contributed by atoms with Crippen LogP contribution in [-0.4, -0.2) is 11.2 Å². The van der Waals surface area contributed by atoms with E-state index < -0.39 is 0 Å². The lowest BCUT2D eigenvalue weighted by Gasteiger charge is -2.02. The summed E-state index contributed by atoms with van der Waals surface area (Å²) in [4.78, 5) is 11.2. The zero-order valence-corrected chi connectivity index (χ0v) is 8.80. The molecule has 3 heteroatoms. The summed E-state index contributed by atoms with van der Waals surface area (Å²) in [6.07, 6.45) is 1.43. The molecule has 0 saturated carbocycles. The molecule has 13 heavy (non-hydrogen) atoms. The summed E-state index contributed by atoms with van der Waals surface area (Å²) in [5.41, 5.74) is 0.832. The molecular weight excluding hydrogens is 230 g/mol. The molecule has 1 amide bonds. The van der Waals surface area contributed by atoms with Gasteiger partial charge in [0.25, 0.3) is 0 Å². The lowest BCUT2D eigenvalue weighted by molar-refractivity contribution is -0.116. The van der Waals surface area contributed by atoms with Crippen molar-refractivity contribution in [3.05, 3.63) is 30.3 Å². The van der Waals surface area contributed by atoms with Gasteiger partial charge in [0.05, 0.1) is 0 Å². The molecule has 0 aromatic heterocycles. The number of hydrogen-bond acceptors (Lipinski definition) is 1. The molecule has 0 aliphatic carbocycles. The van der Waals surface area contributed by atoms with Crippen molar-refractivity contribution in [3.63, 3.8) is 0 Å². The number of rotatable bonds is 4. The number of alkyl halides is 1. The summed E-state index contributed by atoms with van der Waals surface area (Å²) in [7, 11) is 0. The summed E-state index contributed by atoms with van der Waals surface area (Å²) < 4.78 is 0. The second-order valence-corrected chi connectivity index (χ2v) is 3.42. The maximum atomic E-state index is 11.2. The van der Waals surface area contributed by atoms with Gasteiger partial charge < -0.3 is 5.32 Å². The van der Waals surface area contributed by atoms with E-state index in [1.54, 1.807) is 12.1 Å². The highest BCUT2D eigenvalue weighted by Crippen LogP contribution is 2.05. The largest absolute Gasteiger partial charge is 0.326 e. The Morgan fingerprint density at radius 2 is 2.15 bits per heavy atom. The zero-order valence-electron chi connectivity index (χ0n) is 7.22. The van der Waals surface area contributed by atoms with Crippen LogP contribution in [0.25, 0.3) is 0 Å². The van der Waals surface area contributed by atoms with Crippen LogP contribution in [0.15, 0.2) is 24.3 Å². The van der Waals surface area contributed by atoms with E-state index in [2.05, 4.69) is 27.3 Å². The highest BCUT2D eigenvalue weighted by molar-refractivity contribution is 9.09. The number of benzene rings is 1. The maximum Gasteiger partial charge on any atom is 0.224 e. The van der Waals surface area contributed by atoms with Crippen LogP contribution < -0.4 is 5.32 Å². The van der Waals surface area contributed by atoms with Gasteiger partial charge in [-0.05, 0) is 24.6 Å². The van der Waals surface area contributed by atoms with Crippen molar-refractivity contribution >= 4 is 27.5 Å². The molecule has 0 bridgehead atoms. The van der Waals surface area contributed by atoms with Crippen molar-refractivity contribution in [2.24, 2.45) is 0 Å². The SMILES string of the molecule is O=C(CCCBr)Nc1cc[c]cc1. The molecule has 0 spiro atoms. The van der Waals surface area contributed by atoms with Crippen molar-refractivity contribution < 1.29 is 4.79 Å². The quantitative estimate of drug-likeness (QED) is 0.806. The number of anilines is 1. The van der Waals surface area contributed by atoms with E-state index in [1.165, 1.54) is 0 Å². The Labute approximate surface area is 86.5 Å². The minimum Gasteiger partial charge on any atom is -0.326 e. The molecule has 69 valence electrons. The molecule has 0 unspecified atom stereocenters. The third kappa shape index (κ3) is 4.08. The molecule has 0 heterocycles. The molecule has 0 aliphatic rings. The van der Waals surface area contributed by atoms with Crippen molar-refractivity contribution in [1.29, 1.82) is 0 Å². The van der Waals surface area contributed by atoms with Gasteiger partial charge in [-0.3, -0.25) is 4.79 Å². The summed E-state index contributed by atoms with van der Waals surface area (Å²) >= 11 is 3.28. The maximum absolute atomic E-state index is 11.2. The molecule has 1 rings (SSSR count). The first-order chi connectivity index (χ1) is 6.33. The van der Waals surface area contributed by atoms with Crippen molar-refractivity contribution in [2.75, 3.05) is 10.6 Å². The number of nitrogens with one attached hydrogen (secondary N) is 1. The molecule has 1 aromatic carbocycles. The first-order valence-electron chi connectivity index (χ1n) is 4.15. The molecular formula is C10H11BrNO. The van der Waals surface area contributed by atoms with Crippen LogP contribution in [0.4, 0.5) is 5.69 Å². The lowest BCUT2D eigenvalue weighted by atomic mass is 10.3. The van der Waals surface area contributed by atoms with Gasteiger partial charge in [-0.2, -0.15) is 0 Å². The van der Waals surface area contributed by atoms with E-state index >= 15 is 0 Å². The van der Waals surface area contributed by atoms with Crippen LogP contribution in [-0.2, 0) is 4.79 Å². The average molecular weight is 241 g/mol. The average Bonchev–Trinajstić information content (AvgIpc) is 2.16. The van der Waals surface area contributed by atoms with Crippen LogP contribution in [0.3, 0.4) is 0 Å². The molecule has 0 aliphatic heterocycles. The van der Waals surface area contributed by atoms with Crippen LogP contribution in [0, 0.1) is 6.07 Å². The number of halogens is 1. The summed E-state index contributed by atoms with van der Waals surface area (Å²) in [5, 5.41) is 3.66. The summed E-state index contributed by atoms with van der Waals surface area (Å²) in [6, 6.07) is 10.1. The smallest absolute Gasteiger partial charge is 0.224 e. The van der Waals surface area contributed by atoms with Crippen molar-refractivity contribution in [1.82, 2.24) is 0 Å². The molecule has 1 aromatic rings. The fourth-order valence-electron chi connectivity index (χ4n) is 0.921. The highest BCUT2D eigenvalue weighted by Gasteiger charge is 1.99. The van der Waals surface area contributed by atoms with Crippen LogP contribution >= 0.6 is 15.9 Å². The Morgan fingerprint density at radius 3 is 2.77 bits per heavy atom. The van der Waals surface area contributed by atoms with Crippen LogP contribution in [0.5, 0.6) is 0 Å². The first-order valence-corrected chi connectivity index (χ1v) is 5.27. The monoisotopic (exact) mass is 240 g/mol. The van der Waals surface area contributed by atoms with E-state index in [1.807, 2.05) is 12.1 Å². The topological polar surface area (TPSA) is 29.1 Å². The number of amides is 1. The second-order valence-electron chi connectivity index (χ2n) is 2.63. The van der Waals surface area contributed by atoms with E-state index in [9.17, 15) is 4.79 Å². The standard InChI is InChI=1S/C10H11BrNO/c11-8-4-7-10(13)12-9-5-2-1-3-6-9/h2-3,5-6H,4,7-8H2,(H,12,13). The van der Waals surface area contributed by atoms with E-state index in [-0.39, 0.29) is 5.91 Å².